The Hall–Kier alpha value is -1.35. The van der Waals surface area contributed by atoms with Crippen LogP contribution < -0.4 is 5.73 Å². The van der Waals surface area contributed by atoms with Gasteiger partial charge in [0.2, 0.25) is 0 Å². The molecule has 1 aliphatic rings. The van der Waals surface area contributed by atoms with E-state index in [0.29, 0.717) is 0 Å². The summed E-state index contributed by atoms with van der Waals surface area (Å²) in [6, 6.07) is -2.18. The van der Waals surface area contributed by atoms with Crippen LogP contribution in [0.1, 0.15) is 24.8 Å². The summed E-state index contributed by atoms with van der Waals surface area (Å²) >= 11 is 0. The Morgan fingerprint density at radius 1 is 1.62 bits per heavy atom. The van der Waals surface area contributed by atoms with Crippen molar-refractivity contribution in [2.45, 2.75) is 17.9 Å². The molecule has 0 unspecified atom stereocenters. The highest BCUT2D eigenvalue weighted by Gasteiger charge is 2.58. The molecule has 1 aliphatic carbocycles. The van der Waals surface area contributed by atoms with Crippen molar-refractivity contribution in [1.82, 2.24) is 0 Å². The quantitative estimate of drug-likeness (QED) is 0.716. The molecule has 3 N–H and O–H groups in total. The molecule has 68 valence electrons. The molecule has 13 heavy (non-hydrogen) atoms. The van der Waals surface area contributed by atoms with Crippen molar-refractivity contribution in [2.75, 3.05) is 0 Å². The van der Waals surface area contributed by atoms with Gasteiger partial charge >= 0.3 is 5.97 Å². The van der Waals surface area contributed by atoms with E-state index in [2.05, 4.69) is 0 Å². The highest BCUT2D eigenvalue weighted by atomic mass is 16.4. The summed E-state index contributed by atoms with van der Waals surface area (Å²) in [5.41, 5.74) is 4.08. The van der Waals surface area contributed by atoms with Crippen LogP contribution in [0.2, 0.25) is 0 Å². The largest absolute Gasteiger partial charge is 0.480 e. The first-order chi connectivity index (χ1) is 8.21. The van der Waals surface area contributed by atoms with Crippen LogP contribution in [0, 0.1) is 0 Å². The molecule has 2 atom stereocenters. The van der Waals surface area contributed by atoms with Crippen molar-refractivity contribution >= 4 is 5.97 Å². The maximum absolute atomic E-state index is 10.9. The van der Waals surface area contributed by atoms with Crippen LogP contribution in [0.15, 0.2) is 30.2 Å². The van der Waals surface area contributed by atoms with Crippen molar-refractivity contribution in [3.63, 3.8) is 0 Å². The number of nitrogens with two attached hydrogens (primary N) is 1. The summed E-state index contributed by atoms with van der Waals surface area (Å²) in [4.78, 5) is 10.9. The molecule has 0 saturated heterocycles. The van der Waals surface area contributed by atoms with Gasteiger partial charge in [0, 0.05) is 5.92 Å². The number of carboxylic acids is 1. The summed E-state index contributed by atoms with van der Waals surface area (Å²) in [6.45, 7) is 0. The molecule has 0 aliphatic heterocycles. The van der Waals surface area contributed by atoms with E-state index in [1.54, 1.807) is 0 Å². The summed E-state index contributed by atoms with van der Waals surface area (Å²) in [6.07, 6.45) is 0.0797. The molecule has 1 aromatic rings. The van der Waals surface area contributed by atoms with Gasteiger partial charge in [-0.05, 0) is 12.0 Å². The Bertz CT molecular complexity index is 533. The first kappa shape index (κ1) is 4.24. The van der Waals surface area contributed by atoms with Crippen molar-refractivity contribution in [1.29, 1.82) is 0 Å². The minimum absolute atomic E-state index is 0.00843. The first-order valence-corrected chi connectivity index (χ1v) is 3.81. The van der Waals surface area contributed by atoms with Crippen molar-refractivity contribution in [3.05, 3.63) is 35.8 Å². The Labute approximate surface area is 83.2 Å². The van der Waals surface area contributed by atoms with Crippen LogP contribution >= 0.6 is 0 Å². The topological polar surface area (TPSA) is 63.3 Å². The van der Waals surface area contributed by atoms with Gasteiger partial charge in [0.1, 0.15) is 5.54 Å². The fourth-order valence-corrected chi connectivity index (χ4v) is 1.31. The van der Waals surface area contributed by atoms with Crippen LogP contribution in [0.25, 0.3) is 0 Å². The monoisotopic (exact) mass is 182 g/mol. The molecule has 2 rings (SSSR count). The number of hydrogen-bond donors (Lipinski definition) is 2. The van der Waals surface area contributed by atoms with E-state index in [4.69, 9.17) is 17.7 Å². The highest BCUT2D eigenvalue weighted by Crippen LogP contribution is 2.49. The molecular formula is C10H11NO2. The van der Waals surface area contributed by atoms with Gasteiger partial charge in [-0.25, -0.2) is 0 Å². The lowest BCUT2D eigenvalue weighted by molar-refractivity contribution is -0.139. The molecule has 3 nitrogen and oxygen atoms in total. The van der Waals surface area contributed by atoms with Gasteiger partial charge < -0.3 is 10.8 Å². The standard InChI is InChI=1S/C10H11NO2/c11-10(9(12)13)6-8(10)7-4-2-1-3-5-7/h1-5,8H,6,11H2,(H,12,13)/t8-,10-/m1/s1/i1D,2D,3D,4D,5D. The number of benzene rings is 1. The Morgan fingerprint density at radius 2 is 2.23 bits per heavy atom. The average Bonchev–Trinajstić information content (AvgIpc) is 2.98. The number of rotatable bonds is 2. The third-order valence-corrected chi connectivity index (χ3v) is 2.27. The van der Waals surface area contributed by atoms with Crippen LogP contribution in [-0.4, -0.2) is 16.6 Å². The Kier molecular flexibility index (Phi) is 0.838. The first-order valence-electron chi connectivity index (χ1n) is 6.31. The fraction of sp³-hybridized carbons (Fsp3) is 0.300. The van der Waals surface area contributed by atoms with E-state index in [-0.39, 0.29) is 24.1 Å². The van der Waals surface area contributed by atoms with Crippen LogP contribution in [0.3, 0.4) is 0 Å². The normalized spacial score (nSPS) is 36.7. The van der Waals surface area contributed by atoms with Gasteiger partial charge in [-0.3, -0.25) is 4.79 Å². The number of aliphatic carboxylic acids is 1. The van der Waals surface area contributed by atoms with E-state index < -0.39 is 35.6 Å². The maximum Gasteiger partial charge on any atom is 0.324 e. The van der Waals surface area contributed by atoms with Gasteiger partial charge in [-0.1, -0.05) is 30.2 Å². The van der Waals surface area contributed by atoms with Crippen molar-refractivity contribution < 1.29 is 16.8 Å². The molecule has 1 saturated carbocycles. The van der Waals surface area contributed by atoms with Gasteiger partial charge in [0.05, 0.1) is 6.85 Å². The molecule has 0 aromatic heterocycles. The van der Waals surface area contributed by atoms with E-state index in [9.17, 15) is 4.79 Å². The molecule has 0 radical (unpaired) electrons. The lowest BCUT2D eigenvalue weighted by Gasteiger charge is -2.04. The molecule has 1 aromatic carbocycles. The number of carbonyl (C=O) groups is 1. The van der Waals surface area contributed by atoms with Crippen LogP contribution in [-0.2, 0) is 4.79 Å². The maximum atomic E-state index is 10.9. The summed E-state index contributed by atoms with van der Waals surface area (Å²) in [7, 11) is 0. The SMILES string of the molecule is [2H]c1c([2H])c([2H])c([C@H]2C[C@]2(N)C(=O)O)c([2H])c1[2H]. The van der Waals surface area contributed by atoms with Crippen LogP contribution in [0.4, 0.5) is 0 Å². The van der Waals surface area contributed by atoms with E-state index in [1.165, 1.54) is 0 Å². The van der Waals surface area contributed by atoms with Crippen molar-refractivity contribution in [3.8, 4) is 0 Å². The second kappa shape index (κ2) is 2.57. The number of hydrogen-bond acceptors (Lipinski definition) is 2. The molecule has 1 fully saturated rings. The third kappa shape index (κ3) is 1.21. The van der Waals surface area contributed by atoms with Crippen LogP contribution in [0.5, 0.6) is 0 Å². The zero-order valence-electron chi connectivity index (χ0n) is 11.7. The molecule has 0 amide bonds. The lowest BCUT2D eigenvalue weighted by atomic mass is 10.1. The Balaban J connectivity index is 2.58. The zero-order valence-corrected chi connectivity index (χ0v) is 6.72. The predicted octanol–water partition coefficient (Wildman–Crippen LogP) is 0.956. The smallest absolute Gasteiger partial charge is 0.324 e. The van der Waals surface area contributed by atoms with E-state index in [1.807, 2.05) is 0 Å². The van der Waals surface area contributed by atoms with E-state index >= 15 is 0 Å². The lowest BCUT2D eigenvalue weighted by Crippen LogP contribution is -2.34. The van der Waals surface area contributed by atoms with Gasteiger partial charge in [0.25, 0.3) is 0 Å². The van der Waals surface area contributed by atoms with Crippen molar-refractivity contribution in [2.24, 2.45) is 5.73 Å². The third-order valence-electron chi connectivity index (χ3n) is 2.27. The molecule has 0 heterocycles. The predicted molar refractivity (Wildman–Crippen MR) is 48.4 cm³/mol. The van der Waals surface area contributed by atoms with Gasteiger partial charge in [0.15, 0.2) is 0 Å². The summed E-state index contributed by atoms with van der Waals surface area (Å²) < 4.78 is 37.8. The van der Waals surface area contributed by atoms with Gasteiger partial charge in [-0.2, -0.15) is 0 Å². The molecule has 3 heteroatoms. The van der Waals surface area contributed by atoms with Gasteiger partial charge in [-0.15, -0.1) is 0 Å². The summed E-state index contributed by atoms with van der Waals surface area (Å²) in [5, 5.41) is 8.94. The number of carboxylic acid groups (broad SMARTS) is 1. The second-order valence-corrected chi connectivity index (χ2v) is 3.14. The molecular weight excluding hydrogens is 166 g/mol. The molecule has 0 bridgehead atoms. The minimum atomic E-state index is -1.52. The minimum Gasteiger partial charge on any atom is -0.480 e. The zero-order chi connectivity index (χ0) is 13.8. The second-order valence-electron chi connectivity index (χ2n) is 3.14. The molecule has 0 spiro atoms. The van der Waals surface area contributed by atoms with E-state index in [0.717, 1.165) is 0 Å². The average molecular weight is 182 g/mol. The Morgan fingerprint density at radius 3 is 2.69 bits per heavy atom. The fourth-order valence-electron chi connectivity index (χ4n) is 1.31. The summed E-state index contributed by atoms with van der Waals surface area (Å²) in [5.74, 6) is -1.96. The highest BCUT2D eigenvalue weighted by molar-refractivity contribution is 5.84.